The van der Waals surface area contributed by atoms with Gasteiger partial charge in [0, 0.05) is 25.2 Å². The molecule has 10 heavy (non-hydrogen) atoms. The van der Waals surface area contributed by atoms with Gasteiger partial charge in [-0.2, -0.15) is 0 Å². The Bertz CT molecular complexity index is 122. The van der Waals surface area contributed by atoms with Crippen molar-refractivity contribution < 1.29 is 0 Å². The van der Waals surface area contributed by atoms with E-state index in [-0.39, 0.29) is 0 Å². The van der Waals surface area contributed by atoms with Crippen LogP contribution in [0.5, 0.6) is 0 Å². The van der Waals surface area contributed by atoms with E-state index in [1.165, 1.54) is 0 Å². The first-order chi connectivity index (χ1) is 4.74. The highest BCUT2D eigenvalue weighted by Gasteiger charge is 2.18. The van der Waals surface area contributed by atoms with Crippen LogP contribution in [-0.2, 0) is 0 Å². The lowest BCUT2D eigenvalue weighted by molar-refractivity contribution is 0.192. The van der Waals surface area contributed by atoms with Crippen molar-refractivity contribution in [2.24, 2.45) is 0 Å². The molecule has 0 radical (unpaired) electrons. The lowest BCUT2D eigenvalue weighted by Crippen LogP contribution is -2.52. The van der Waals surface area contributed by atoms with E-state index < -0.39 is 0 Å². The van der Waals surface area contributed by atoms with Crippen LogP contribution in [0.3, 0.4) is 0 Å². The number of piperazine rings is 1. The summed E-state index contributed by atoms with van der Waals surface area (Å²) in [5, 5.41) is 3.39. The molecule has 0 saturated carbocycles. The van der Waals surface area contributed by atoms with E-state index in [2.05, 4.69) is 30.8 Å². The maximum atomic E-state index is 3.75. The minimum Gasteiger partial charge on any atom is -0.308 e. The molecule has 0 bridgehead atoms. The van der Waals surface area contributed by atoms with E-state index in [0.29, 0.717) is 12.1 Å². The average molecular weight is 140 g/mol. The van der Waals surface area contributed by atoms with Crippen molar-refractivity contribution in [1.29, 1.82) is 0 Å². The normalized spacial score (nSPS) is 35.8. The summed E-state index contributed by atoms with van der Waals surface area (Å²) in [6, 6.07) is 1.15. The van der Waals surface area contributed by atoms with Gasteiger partial charge in [0.15, 0.2) is 0 Å². The number of nitrogens with one attached hydrogen (secondary N) is 1. The zero-order chi connectivity index (χ0) is 7.56. The van der Waals surface area contributed by atoms with Crippen molar-refractivity contribution in [2.45, 2.75) is 19.0 Å². The van der Waals surface area contributed by atoms with Gasteiger partial charge in [0.1, 0.15) is 0 Å². The van der Waals surface area contributed by atoms with E-state index in [1.54, 1.807) is 0 Å². The van der Waals surface area contributed by atoms with Crippen molar-refractivity contribution in [3.8, 4) is 0 Å². The predicted octanol–water partition coefficient (Wildman–Crippen LogP) is 0.464. The van der Waals surface area contributed by atoms with Gasteiger partial charge < -0.3 is 10.2 Å². The summed E-state index contributed by atoms with van der Waals surface area (Å²) in [6.07, 6.45) is 1.97. The zero-order valence-electron chi connectivity index (χ0n) is 6.80. The van der Waals surface area contributed by atoms with Crippen LogP contribution in [0.4, 0.5) is 0 Å². The number of nitrogens with zero attached hydrogens (tertiary/aromatic N) is 1. The van der Waals surface area contributed by atoms with Crippen LogP contribution < -0.4 is 5.32 Å². The van der Waals surface area contributed by atoms with Gasteiger partial charge in [-0.1, -0.05) is 6.08 Å². The topological polar surface area (TPSA) is 15.3 Å². The third kappa shape index (κ3) is 1.58. The molecule has 0 aromatic rings. The van der Waals surface area contributed by atoms with E-state index >= 15 is 0 Å². The molecule has 1 aliphatic heterocycles. The Hall–Kier alpha value is -0.340. The highest BCUT2D eigenvalue weighted by Crippen LogP contribution is 2.03. The third-order valence-corrected chi connectivity index (χ3v) is 2.20. The Morgan fingerprint density at radius 1 is 1.70 bits per heavy atom. The van der Waals surface area contributed by atoms with Crippen molar-refractivity contribution in [2.75, 3.05) is 20.1 Å². The summed E-state index contributed by atoms with van der Waals surface area (Å²) in [4.78, 5) is 2.35. The SMILES string of the molecule is C=C[C@@H]1CN(C)C(C)CN1. The van der Waals surface area contributed by atoms with Crippen molar-refractivity contribution >= 4 is 0 Å². The molecule has 1 fully saturated rings. The molecular weight excluding hydrogens is 124 g/mol. The first-order valence-corrected chi connectivity index (χ1v) is 3.80. The molecule has 1 heterocycles. The lowest BCUT2D eigenvalue weighted by Gasteiger charge is -2.34. The fraction of sp³-hybridized carbons (Fsp3) is 0.750. The number of hydrogen-bond donors (Lipinski definition) is 1. The maximum Gasteiger partial charge on any atom is 0.0376 e. The second kappa shape index (κ2) is 3.17. The number of likely N-dealkylation sites (N-methyl/N-ethyl adjacent to an activating group) is 1. The van der Waals surface area contributed by atoms with Crippen molar-refractivity contribution in [1.82, 2.24) is 10.2 Å². The Morgan fingerprint density at radius 2 is 2.40 bits per heavy atom. The molecule has 2 nitrogen and oxygen atoms in total. The summed E-state index contributed by atoms with van der Waals surface area (Å²) >= 11 is 0. The molecular formula is C8H16N2. The van der Waals surface area contributed by atoms with Gasteiger partial charge in [0.2, 0.25) is 0 Å². The van der Waals surface area contributed by atoms with Crippen molar-refractivity contribution in [3.63, 3.8) is 0 Å². The van der Waals surface area contributed by atoms with E-state index in [9.17, 15) is 0 Å². The van der Waals surface area contributed by atoms with Crippen molar-refractivity contribution in [3.05, 3.63) is 12.7 Å². The molecule has 0 aromatic carbocycles. The third-order valence-electron chi connectivity index (χ3n) is 2.20. The second-order valence-corrected chi connectivity index (χ2v) is 3.04. The summed E-state index contributed by atoms with van der Waals surface area (Å²) in [7, 11) is 2.15. The molecule has 1 saturated heterocycles. The summed E-state index contributed by atoms with van der Waals surface area (Å²) in [5.41, 5.74) is 0. The molecule has 0 amide bonds. The van der Waals surface area contributed by atoms with Gasteiger partial charge in [0.05, 0.1) is 0 Å². The van der Waals surface area contributed by atoms with Gasteiger partial charge in [-0.15, -0.1) is 6.58 Å². The summed E-state index contributed by atoms with van der Waals surface area (Å²) in [5.74, 6) is 0. The Kier molecular flexibility index (Phi) is 2.46. The van der Waals surface area contributed by atoms with Crippen LogP contribution >= 0.6 is 0 Å². The van der Waals surface area contributed by atoms with Crippen LogP contribution in [0.2, 0.25) is 0 Å². The quantitative estimate of drug-likeness (QED) is 0.532. The van der Waals surface area contributed by atoms with Gasteiger partial charge >= 0.3 is 0 Å². The van der Waals surface area contributed by atoms with Gasteiger partial charge in [-0.25, -0.2) is 0 Å². The van der Waals surface area contributed by atoms with Gasteiger partial charge in [-0.05, 0) is 14.0 Å². The standard InChI is InChI=1S/C8H16N2/c1-4-8-6-10(3)7(2)5-9-8/h4,7-9H,1,5-6H2,2-3H3/t7?,8-/m1/s1. The fourth-order valence-corrected chi connectivity index (χ4v) is 1.19. The van der Waals surface area contributed by atoms with Crippen LogP contribution in [0.1, 0.15) is 6.92 Å². The number of rotatable bonds is 1. The van der Waals surface area contributed by atoms with Gasteiger partial charge in [-0.3, -0.25) is 0 Å². The van der Waals surface area contributed by atoms with E-state index in [4.69, 9.17) is 0 Å². The minimum absolute atomic E-state index is 0.487. The smallest absolute Gasteiger partial charge is 0.0376 e. The average Bonchev–Trinajstić information content (AvgIpc) is 1.95. The molecule has 0 spiro atoms. The zero-order valence-corrected chi connectivity index (χ0v) is 6.80. The molecule has 1 rings (SSSR count). The first kappa shape index (κ1) is 7.76. The van der Waals surface area contributed by atoms with Crippen LogP contribution in [0, 0.1) is 0 Å². The molecule has 2 atom stereocenters. The largest absolute Gasteiger partial charge is 0.308 e. The Labute approximate surface area is 62.9 Å². The minimum atomic E-state index is 0.487. The maximum absolute atomic E-state index is 3.75. The fourth-order valence-electron chi connectivity index (χ4n) is 1.19. The second-order valence-electron chi connectivity index (χ2n) is 3.04. The molecule has 1 unspecified atom stereocenters. The highest BCUT2D eigenvalue weighted by molar-refractivity contribution is 4.92. The molecule has 0 aromatic heterocycles. The Balaban J connectivity index is 2.40. The van der Waals surface area contributed by atoms with Crippen LogP contribution in [-0.4, -0.2) is 37.1 Å². The highest BCUT2D eigenvalue weighted by atomic mass is 15.2. The molecule has 2 heteroatoms. The van der Waals surface area contributed by atoms with E-state index in [0.717, 1.165) is 13.1 Å². The lowest BCUT2D eigenvalue weighted by atomic mass is 10.1. The van der Waals surface area contributed by atoms with Crippen LogP contribution in [0.15, 0.2) is 12.7 Å². The Morgan fingerprint density at radius 3 is 2.90 bits per heavy atom. The van der Waals surface area contributed by atoms with Crippen LogP contribution in [0.25, 0.3) is 0 Å². The molecule has 1 N–H and O–H groups in total. The first-order valence-electron chi connectivity index (χ1n) is 3.80. The predicted molar refractivity (Wildman–Crippen MR) is 44.1 cm³/mol. The monoisotopic (exact) mass is 140 g/mol. The molecule has 1 aliphatic rings. The van der Waals surface area contributed by atoms with Gasteiger partial charge in [0.25, 0.3) is 0 Å². The molecule has 0 aliphatic carbocycles. The molecule has 58 valence electrons. The summed E-state index contributed by atoms with van der Waals surface area (Å²) in [6.45, 7) is 8.15. The summed E-state index contributed by atoms with van der Waals surface area (Å²) < 4.78 is 0. The number of hydrogen-bond acceptors (Lipinski definition) is 2. The van der Waals surface area contributed by atoms with E-state index in [1.807, 2.05) is 6.08 Å².